The number of nitrogens with zero attached hydrogens (tertiary/aromatic N) is 3. The molecule has 0 saturated heterocycles. The van der Waals surface area contributed by atoms with E-state index in [0.717, 1.165) is 29.9 Å². The van der Waals surface area contributed by atoms with Gasteiger partial charge >= 0.3 is 6.03 Å². The van der Waals surface area contributed by atoms with E-state index in [9.17, 15) is 4.79 Å². The summed E-state index contributed by atoms with van der Waals surface area (Å²) in [6.07, 6.45) is 7.54. The lowest BCUT2D eigenvalue weighted by Crippen LogP contribution is -2.42. The smallest absolute Gasteiger partial charge is 0.317 e. The van der Waals surface area contributed by atoms with E-state index in [4.69, 9.17) is 0 Å². The lowest BCUT2D eigenvalue weighted by molar-refractivity contribution is 0.190. The van der Waals surface area contributed by atoms with E-state index in [-0.39, 0.29) is 6.03 Å². The standard InChI is InChI=1S/C17H24N4OS/c1-12-5-4-6-16-19-13(11-21(12)16)10-18-17(22)20(2)14-7-8-15(9-14)23-3/h4-6,11,14-15H,7-10H2,1-3H3,(H,18,22)/t14-,15+/m0/s1. The summed E-state index contributed by atoms with van der Waals surface area (Å²) in [5.41, 5.74) is 2.94. The fourth-order valence-electron chi connectivity index (χ4n) is 3.22. The van der Waals surface area contributed by atoms with E-state index in [1.165, 1.54) is 6.42 Å². The highest BCUT2D eigenvalue weighted by molar-refractivity contribution is 7.99. The van der Waals surface area contributed by atoms with Gasteiger partial charge in [-0.3, -0.25) is 0 Å². The number of imidazole rings is 1. The van der Waals surface area contributed by atoms with Crippen molar-refractivity contribution in [3.8, 4) is 0 Å². The minimum Gasteiger partial charge on any atom is -0.332 e. The summed E-state index contributed by atoms with van der Waals surface area (Å²) in [5.74, 6) is 0. The highest BCUT2D eigenvalue weighted by Gasteiger charge is 2.29. The Kier molecular flexibility index (Phi) is 4.80. The van der Waals surface area contributed by atoms with Gasteiger partial charge in [-0.15, -0.1) is 0 Å². The van der Waals surface area contributed by atoms with Crippen LogP contribution < -0.4 is 5.32 Å². The first-order valence-electron chi connectivity index (χ1n) is 8.05. The molecule has 2 aromatic heterocycles. The SMILES string of the molecule is CS[C@@H]1CC[C@H](N(C)C(=O)NCc2cn3c(C)cccc3n2)C1. The van der Waals surface area contributed by atoms with Crippen LogP contribution in [0.15, 0.2) is 24.4 Å². The van der Waals surface area contributed by atoms with Crippen molar-refractivity contribution in [2.24, 2.45) is 0 Å². The van der Waals surface area contributed by atoms with Gasteiger partial charge in [0.25, 0.3) is 0 Å². The second-order valence-electron chi connectivity index (χ2n) is 6.22. The number of aryl methyl sites for hydroxylation is 1. The molecule has 0 unspecified atom stereocenters. The molecule has 2 heterocycles. The average molecular weight is 332 g/mol. The van der Waals surface area contributed by atoms with Gasteiger partial charge in [0, 0.05) is 30.2 Å². The Balaban J connectivity index is 1.58. The molecule has 2 amide bonds. The maximum absolute atomic E-state index is 12.4. The number of thioether (sulfide) groups is 1. The van der Waals surface area contributed by atoms with E-state index in [0.29, 0.717) is 17.8 Å². The molecule has 2 aromatic rings. The van der Waals surface area contributed by atoms with Crippen molar-refractivity contribution in [1.82, 2.24) is 19.6 Å². The van der Waals surface area contributed by atoms with Crippen LogP contribution in [0.5, 0.6) is 0 Å². The van der Waals surface area contributed by atoms with E-state index < -0.39 is 0 Å². The molecule has 1 fully saturated rings. The number of pyridine rings is 1. The number of hydrogen-bond acceptors (Lipinski definition) is 3. The first kappa shape index (κ1) is 16.2. The molecule has 0 spiro atoms. The third kappa shape index (κ3) is 3.47. The van der Waals surface area contributed by atoms with Crippen LogP contribution in [0, 0.1) is 6.92 Å². The van der Waals surface area contributed by atoms with Gasteiger partial charge in [0.15, 0.2) is 0 Å². The van der Waals surface area contributed by atoms with Crippen molar-refractivity contribution < 1.29 is 4.79 Å². The fourth-order valence-corrected chi connectivity index (χ4v) is 4.01. The van der Waals surface area contributed by atoms with Crippen LogP contribution in [0.25, 0.3) is 5.65 Å². The topological polar surface area (TPSA) is 49.6 Å². The van der Waals surface area contributed by atoms with Crippen LogP contribution in [-0.2, 0) is 6.54 Å². The van der Waals surface area contributed by atoms with E-state index in [1.54, 1.807) is 0 Å². The van der Waals surface area contributed by atoms with Gasteiger partial charge in [-0.05, 0) is 44.6 Å². The molecule has 23 heavy (non-hydrogen) atoms. The quantitative estimate of drug-likeness (QED) is 0.936. The van der Waals surface area contributed by atoms with Crippen LogP contribution in [-0.4, -0.2) is 44.9 Å². The van der Waals surface area contributed by atoms with E-state index >= 15 is 0 Å². The number of carbonyl (C=O) groups is 1. The first-order valence-corrected chi connectivity index (χ1v) is 9.34. The summed E-state index contributed by atoms with van der Waals surface area (Å²) >= 11 is 1.91. The van der Waals surface area contributed by atoms with Crippen LogP contribution >= 0.6 is 11.8 Å². The Morgan fingerprint density at radius 3 is 3.00 bits per heavy atom. The van der Waals surface area contributed by atoms with Crippen molar-refractivity contribution in [3.05, 3.63) is 35.8 Å². The molecule has 6 heteroatoms. The summed E-state index contributed by atoms with van der Waals surface area (Å²) in [4.78, 5) is 18.8. The molecule has 2 atom stereocenters. The molecule has 0 aromatic carbocycles. The van der Waals surface area contributed by atoms with Crippen molar-refractivity contribution in [2.75, 3.05) is 13.3 Å². The Morgan fingerprint density at radius 2 is 2.30 bits per heavy atom. The molecule has 124 valence electrons. The highest BCUT2D eigenvalue weighted by Crippen LogP contribution is 2.30. The lowest BCUT2D eigenvalue weighted by Gasteiger charge is -2.24. The van der Waals surface area contributed by atoms with Crippen LogP contribution in [0.3, 0.4) is 0 Å². The summed E-state index contributed by atoms with van der Waals surface area (Å²) < 4.78 is 2.05. The van der Waals surface area contributed by atoms with E-state index in [1.807, 2.05) is 59.4 Å². The number of fused-ring (bicyclic) bond motifs is 1. The zero-order valence-corrected chi connectivity index (χ0v) is 14.8. The normalized spacial score (nSPS) is 20.8. The number of amides is 2. The van der Waals surface area contributed by atoms with Crippen LogP contribution in [0.4, 0.5) is 4.79 Å². The minimum atomic E-state index is -0.00877. The van der Waals surface area contributed by atoms with Crippen molar-refractivity contribution in [1.29, 1.82) is 0 Å². The molecule has 0 aliphatic heterocycles. The number of rotatable bonds is 4. The number of urea groups is 1. The molecule has 1 aliphatic carbocycles. The second-order valence-corrected chi connectivity index (χ2v) is 7.36. The van der Waals surface area contributed by atoms with Crippen molar-refractivity contribution >= 4 is 23.4 Å². The van der Waals surface area contributed by atoms with Gasteiger partial charge in [0.2, 0.25) is 0 Å². The van der Waals surface area contributed by atoms with Gasteiger partial charge in [-0.2, -0.15) is 11.8 Å². The third-order valence-electron chi connectivity index (χ3n) is 4.72. The molecule has 1 saturated carbocycles. The molecular formula is C17H24N4OS. The largest absolute Gasteiger partial charge is 0.332 e. The van der Waals surface area contributed by atoms with Crippen LogP contribution in [0.2, 0.25) is 0 Å². The van der Waals surface area contributed by atoms with Gasteiger partial charge < -0.3 is 14.6 Å². The Bertz CT molecular complexity index is 699. The predicted octanol–water partition coefficient (Wildman–Crippen LogP) is 3.07. The van der Waals surface area contributed by atoms with Crippen molar-refractivity contribution in [2.45, 2.75) is 44.0 Å². The van der Waals surface area contributed by atoms with Crippen LogP contribution in [0.1, 0.15) is 30.7 Å². The molecule has 1 aliphatic rings. The minimum absolute atomic E-state index is 0.00877. The number of hydrogen-bond donors (Lipinski definition) is 1. The number of carbonyl (C=O) groups excluding carboxylic acids is 1. The Hall–Kier alpha value is -1.69. The maximum Gasteiger partial charge on any atom is 0.317 e. The number of nitrogens with one attached hydrogen (secondary N) is 1. The van der Waals surface area contributed by atoms with Gasteiger partial charge in [0.05, 0.1) is 12.2 Å². The Morgan fingerprint density at radius 1 is 1.48 bits per heavy atom. The first-order chi connectivity index (χ1) is 11.1. The molecule has 0 bridgehead atoms. The van der Waals surface area contributed by atoms with Gasteiger partial charge in [-0.1, -0.05) is 6.07 Å². The fraction of sp³-hybridized carbons (Fsp3) is 0.529. The summed E-state index contributed by atoms with van der Waals surface area (Å²) in [5, 5.41) is 3.68. The van der Waals surface area contributed by atoms with Gasteiger partial charge in [-0.25, -0.2) is 9.78 Å². The molecule has 0 radical (unpaired) electrons. The molecule has 5 nitrogen and oxygen atoms in total. The maximum atomic E-state index is 12.4. The number of aromatic nitrogens is 2. The zero-order valence-electron chi connectivity index (χ0n) is 14.0. The Labute approximate surface area is 141 Å². The van der Waals surface area contributed by atoms with E-state index in [2.05, 4.69) is 16.6 Å². The lowest BCUT2D eigenvalue weighted by atomic mass is 10.2. The average Bonchev–Trinajstić information content (AvgIpc) is 3.19. The van der Waals surface area contributed by atoms with Gasteiger partial charge in [0.1, 0.15) is 5.65 Å². The summed E-state index contributed by atoms with van der Waals surface area (Å²) in [7, 11) is 1.90. The van der Waals surface area contributed by atoms with Crippen molar-refractivity contribution in [3.63, 3.8) is 0 Å². The molecule has 3 rings (SSSR count). The predicted molar refractivity (Wildman–Crippen MR) is 94.9 cm³/mol. The third-order valence-corrected chi connectivity index (χ3v) is 5.82. The zero-order chi connectivity index (χ0) is 16.4. The summed E-state index contributed by atoms with van der Waals surface area (Å²) in [6.45, 7) is 2.51. The molecular weight excluding hydrogens is 308 g/mol. The summed E-state index contributed by atoms with van der Waals surface area (Å²) in [6, 6.07) is 6.37. The second kappa shape index (κ2) is 6.83. The molecule has 1 N–H and O–H groups in total. The highest BCUT2D eigenvalue weighted by atomic mass is 32.2. The monoisotopic (exact) mass is 332 g/mol.